The molecule has 2 heterocycles. The van der Waals surface area contributed by atoms with Crippen molar-refractivity contribution in [3.8, 4) is 11.1 Å². The summed E-state index contributed by atoms with van der Waals surface area (Å²) in [7, 11) is 0. The van der Waals surface area contributed by atoms with Crippen molar-refractivity contribution in [2.24, 2.45) is 4.99 Å². The number of carbonyl (C=O) groups is 1. The van der Waals surface area contributed by atoms with Gasteiger partial charge in [-0.15, -0.1) is 0 Å². The van der Waals surface area contributed by atoms with Crippen LogP contribution in [0.15, 0.2) is 65.1 Å². The molecule has 0 radical (unpaired) electrons. The van der Waals surface area contributed by atoms with Gasteiger partial charge >= 0.3 is 0 Å². The van der Waals surface area contributed by atoms with Crippen molar-refractivity contribution < 1.29 is 9.90 Å². The fourth-order valence-corrected chi connectivity index (χ4v) is 4.47. The lowest BCUT2D eigenvalue weighted by Gasteiger charge is -2.33. The Morgan fingerprint density at radius 2 is 1.66 bits per heavy atom. The van der Waals surface area contributed by atoms with E-state index in [0.29, 0.717) is 25.0 Å². The zero-order valence-electron chi connectivity index (χ0n) is 18.8. The molecule has 1 aliphatic carbocycles. The number of pyridine rings is 1. The summed E-state index contributed by atoms with van der Waals surface area (Å²) in [4.78, 5) is 26.1. The van der Waals surface area contributed by atoms with E-state index >= 15 is 0 Å². The van der Waals surface area contributed by atoms with Gasteiger partial charge in [0, 0.05) is 64.2 Å². The van der Waals surface area contributed by atoms with Crippen molar-refractivity contribution in [2.75, 3.05) is 45.8 Å². The quantitative estimate of drug-likeness (QED) is 0.676. The number of hydrogen-bond donors (Lipinski definition) is 1. The number of aliphatic imine (C=N–C) groups is 1. The topological polar surface area (TPSA) is 69.0 Å². The Morgan fingerprint density at radius 3 is 2.31 bits per heavy atom. The molecule has 0 spiro atoms. The van der Waals surface area contributed by atoms with E-state index in [2.05, 4.69) is 51.0 Å². The number of rotatable bonds is 7. The van der Waals surface area contributed by atoms with Crippen molar-refractivity contribution in [3.05, 3.63) is 65.7 Å². The minimum Gasteiger partial charge on any atom is -0.511 e. The highest BCUT2D eigenvalue weighted by Gasteiger charge is 2.27. The number of hydrogen-bond acceptors (Lipinski definition) is 6. The first-order valence-corrected chi connectivity index (χ1v) is 11.5. The summed E-state index contributed by atoms with van der Waals surface area (Å²) >= 11 is 0. The third-order valence-electron chi connectivity index (χ3n) is 6.56. The molecule has 6 nitrogen and oxygen atoms in total. The number of aliphatic hydroxyl groups excluding tert-OH is 1. The average Bonchev–Trinajstić information content (AvgIpc) is 2.84. The first-order valence-electron chi connectivity index (χ1n) is 11.5. The van der Waals surface area contributed by atoms with Gasteiger partial charge in [-0.05, 0) is 41.3 Å². The van der Waals surface area contributed by atoms with Crippen LogP contribution in [0, 0.1) is 0 Å². The van der Waals surface area contributed by atoms with Crippen LogP contribution < -0.4 is 0 Å². The van der Waals surface area contributed by atoms with E-state index in [4.69, 9.17) is 0 Å². The predicted molar refractivity (Wildman–Crippen MR) is 128 cm³/mol. The van der Waals surface area contributed by atoms with Crippen LogP contribution in [0.25, 0.3) is 11.1 Å². The molecule has 0 bridgehead atoms. The van der Waals surface area contributed by atoms with E-state index in [1.165, 1.54) is 0 Å². The highest BCUT2D eigenvalue weighted by Crippen LogP contribution is 2.34. The number of benzene rings is 1. The predicted octanol–water partition coefficient (Wildman–Crippen LogP) is 3.72. The third-order valence-corrected chi connectivity index (χ3v) is 6.56. The molecule has 1 aromatic carbocycles. The molecule has 2 aromatic rings. The normalized spacial score (nSPS) is 20.9. The number of likely N-dealkylation sites (N-methyl/N-ethyl adjacent to an activating group) is 1. The largest absolute Gasteiger partial charge is 0.511 e. The van der Waals surface area contributed by atoms with Crippen LogP contribution in [-0.4, -0.2) is 77.7 Å². The number of aromatic nitrogens is 1. The van der Waals surface area contributed by atoms with Gasteiger partial charge in [0.15, 0.2) is 5.78 Å². The minimum absolute atomic E-state index is 0.000927. The van der Waals surface area contributed by atoms with Crippen molar-refractivity contribution >= 4 is 12.0 Å². The maximum atomic E-state index is 12.7. The smallest absolute Gasteiger partial charge is 0.168 e. The number of aliphatic hydroxyl groups is 1. The molecule has 1 fully saturated rings. The second-order valence-corrected chi connectivity index (χ2v) is 8.56. The summed E-state index contributed by atoms with van der Waals surface area (Å²) in [5.41, 5.74) is 3.68. The molecule has 2 aliphatic rings. The van der Waals surface area contributed by atoms with Crippen LogP contribution in [0.4, 0.5) is 0 Å². The molecule has 1 atom stereocenters. The number of Topliss-reactive ketones (excluding diaryl/α,β-unsaturated/α-hetero) is 1. The van der Waals surface area contributed by atoms with Gasteiger partial charge in [-0.3, -0.25) is 19.7 Å². The zero-order valence-corrected chi connectivity index (χ0v) is 18.8. The zero-order chi connectivity index (χ0) is 22.3. The Hall–Kier alpha value is -2.83. The molecule has 168 valence electrons. The van der Waals surface area contributed by atoms with Crippen LogP contribution in [-0.2, 0) is 4.79 Å². The standard InChI is InChI=1S/C26H32N4O2/c1-2-29-13-15-30(16-14-29)12-11-28-19-24-25(31)17-23(18-26(24)32)21-5-3-20(4-6-21)22-7-9-27-10-8-22/h3-10,19,23,31H,2,11-18H2,1H3. The van der Waals surface area contributed by atoms with Crippen LogP contribution in [0.5, 0.6) is 0 Å². The van der Waals surface area contributed by atoms with E-state index in [1.807, 2.05) is 12.1 Å². The fraction of sp³-hybridized carbons (Fsp3) is 0.423. The van der Waals surface area contributed by atoms with Crippen LogP contribution in [0.2, 0.25) is 0 Å². The monoisotopic (exact) mass is 432 g/mol. The van der Waals surface area contributed by atoms with E-state index in [9.17, 15) is 9.90 Å². The summed E-state index contributed by atoms with van der Waals surface area (Å²) in [5.74, 6) is 0.128. The number of allylic oxidation sites excluding steroid dienone is 2. The second-order valence-electron chi connectivity index (χ2n) is 8.56. The maximum absolute atomic E-state index is 12.7. The number of nitrogens with zero attached hydrogens (tertiary/aromatic N) is 4. The summed E-state index contributed by atoms with van der Waals surface area (Å²) < 4.78 is 0. The second kappa shape index (κ2) is 10.7. The van der Waals surface area contributed by atoms with Gasteiger partial charge < -0.3 is 10.0 Å². The van der Waals surface area contributed by atoms with Gasteiger partial charge in [-0.1, -0.05) is 31.2 Å². The van der Waals surface area contributed by atoms with Crippen LogP contribution >= 0.6 is 0 Å². The number of piperazine rings is 1. The maximum Gasteiger partial charge on any atom is 0.168 e. The lowest BCUT2D eigenvalue weighted by atomic mass is 9.82. The Kier molecular flexibility index (Phi) is 7.45. The van der Waals surface area contributed by atoms with Crippen molar-refractivity contribution in [1.29, 1.82) is 0 Å². The summed E-state index contributed by atoms with van der Waals surface area (Å²) in [5, 5.41) is 10.6. The molecule has 1 aromatic heterocycles. The van der Waals surface area contributed by atoms with Gasteiger partial charge in [-0.25, -0.2) is 0 Å². The average molecular weight is 433 g/mol. The summed E-state index contributed by atoms with van der Waals surface area (Å²) in [6, 6.07) is 12.2. The van der Waals surface area contributed by atoms with Gasteiger partial charge in [0.05, 0.1) is 12.1 Å². The summed E-state index contributed by atoms with van der Waals surface area (Å²) in [6.07, 6.45) is 6.02. The molecule has 32 heavy (non-hydrogen) atoms. The van der Waals surface area contributed by atoms with Crippen LogP contribution in [0.3, 0.4) is 0 Å². The fourth-order valence-electron chi connectivity index (χ4n) is 4.47. The minimum atomic E-state index is -0.0303. The third kappa shape index (κ3) is 5.50. The Bertz CT molecular complexity index is 961. The lowest BCUT2D eigenvalue weighted by Crippen LogP contribution is -2.46. The first-order chi connectivity index (χ1) is 15.6. The Labute approximate surface area is 190 Å². The molecule has 4 rings (SSSR count). The van der Waals surface area contributed by atoms with Gasteiger partial charge in [0.2, 0.25) is 0 Å². The van der Waals surface area contributed by atoms with E-state index in [1.54, 1.807) is 18.6 Å². The number of ketones is 1. The molecular weight excluding hydrogens is 400 g/mol. The molecule has 0 saturated carbocycles. The molecule has 0 amide bonds. The molecule has 1 N–H and O–H groups in total. The molecular formula is C26H32N4O2. The van der Waals surface area contributed by atoms with E-state index in [-0.39, 0.29) is 17.5 Å². The highest BCUT2D eigenvalue weighted by atomic mass is 16.3. The van der Waals surface area contributed by atoms with E-state index in [0.717, 1.165) is 56.0 Å². The Morgan fingerprint density at radius 1 is 1.00 bits per heavy atom. The van der Waals surface area contributed by atoms with E-state index < -0.39 is 0 Å². The van der Waals surface area contributed by atoms with Gasteiger partial charge in [0.1, 0.15) is 5.76 Å². The molecule has 1 unspecified atom stereocenters. The van der Waals surface area contributed by atoms with Crippen molar-refractivity contribution in [3.63, 3.8) is 0 Å². The Balaban J connectivity index is 1.32. The molecule has 1 saturated heterocycles. The highest BCUT2D eigenvalue weighted by molar-refractivity contribution is 6.14. The van der Waals surface area contributed by atoms with Crippen LogP contribution in [0.1, 0.15) is 31.2 Å². The van der Waals surface area contributed by atoms with Gasteiger partial charge in [0.25, 0.3) is 0 Å². The lowest BCUT2D eigenvalue weighted by molar-refractivity contribution is -0.116. The first kappa shape index (κ1) is 22.4. The molecule has 6 heteroatoms. The van der Waals surface area contributed by atoms with Gasteiger partial charge in [-0.2, -0.15) is 0 Å². The molecule has 1 aliphatic heterocycles. The van der Waals surface area contributed by atoms with Crippen molar-refractivity contribution in [2.45, 2.75) is 25.7 Å². The number of carbonyl (C=O) groups excluding carboxylic acids is 1. The van der Waals surface area contributed by atoms with Crippen molar-refractivity contribution in [1.82, 2.24) is 14.8 Å². The summed E-state index contributed by atoms with van der Waals surface area (Å²) in [6.45, 7) is 9.20. The SMILES string of the molecule is CCN1CCN(CCN=CC2=C(O)CC(c3ccc(-c4ccncc4)cc3)CC2=O)CC1.